The van der Waals surface area contributed by atoms with Gasteiger partial charge in [0.1, 0.15) is 11.1 Å². The van der Waals surface area contributed by atoms with Crippen LogP contribution in [0.2, 0.25) is 0 Å². The summed E-state index contributed by atoms with van der Waals surface area (Å²) in [7, 11) is 1.74. The molecule has 2 heterocycles. The monoisotopic (exact) mass is 389 g/mol. The number of amides is 1. The van der Waals surface area contributed by atoms with Crippen molar-refractivity contribution in [1.29, 1.82) is 5.26 Å². The van der Waals surface area contributed by atoms with Gasteiger partial charge in [0.2, 0.25) is 5.91 Å². The lowest BCUT2D eigenvalue weighted by molar-refractivity contribution is -0.127. The number of hydrogen-bond donors (Lipinski definition) is 0. The van der Waals surface area contributed by atoms with Crippen LogP contribution in [0, 0.1) is 18.3 Å². The van der Waals surface area contributed by atoms with Gasteiger partial charge in [-0.1, -0.05) is 11.8 Å². The minimum atomic E-state index is -0.503. The standard InChI is InChI=1S/C18H19N3O3S2/c1-4-24-18(23)15-7-14(8-19)17(20-12(15)2)26-11-16(22)21(3)9-13-5-6-25-10-13/h5-7,10H,4,9,11H2,1-3H3. The van der Waals surface area contributed by atoms with Crippen LogP contribution in [0.4, 0.5) is 0 Å². The smallest absolute Gasteiger partial charge is 0.340 e. The SMILES string of the molecule is CCOC(=O)c1cc(C#N)c(SCC(=O)N(C)Cc2ccsc2)nc1C. The molecule has 0 saturated heterocycles. The van der Waals surface area contributed by atoms with Crippen LogP contribution in [-0.4, -0.2) is 41.2 Å². The average Bonchev–Trinajstić information content (AvgIpc) is 3.12. The molecule has 0 N–H and O–H groups in total. The first-order chi connectivity index (χ1) is 12.5. The summed E-state index contributed by atoms with van der Waals surface area (Å²) in [6.45, 7) is 4.19. The molecule has 2 aromatic rings. The maximum absolute atomic E-state index is 12.3. The molecule has 0 aliphatic rings. The first-order valence-corrected chi connectivity index (χ1v) is 9.85. The van der Waals surface area contributed by atoms with Crippen molar-refractivity contribution in [3.8, 4) is 6.07 Å². The van der Waals surface area contributed by atoms with E-state index in [4.69, 9.17) is 4.74 Å². The molecular weight excluding hydrogens is 370 g/mol. The molecule has 0 aliphatic heterocycles. The highest BCUT2D eigenvalue weighted by atomic mass is 32.2. The zero-order chi connectivity index (χ0) is 19.1. The van der Waals surface area contributed by atoms with E-state index in [9.17, 15) is 14.9 Å². The Hall–Kier alpha value is -2.37. The second kappa shape index (κ2) is 9.36. The molecule has 8 heteroatoms. The molecule has 0 bridgehead atoms. The van der Waals surface area contributed by atoms with Gasteiger partial charge >= 0.3 is 5.97 Å². The van der Waals surface area contributed by atoms with Gasteiger partial charge in [-0.05, 0) is 42.3 Å². The van der Waals surface area contributed by atoms with Gasteiger partial charge < -0.3 is 9.64 Å². The predicted molar refractivity (Wildman–Crippen MR) is 101 cm³/mol. The Morgan fingerprint density at radius 3 is 2.85 bits per heavy atom. The van der Waals surface area contributed by atoms with Crippen LogP contribution in [0.15, 0.2) is 27.9 Å². The molecule has 0 unspecified atom stereocenters. The molecule has 1 amide bonds. The number of thioether (sulfide) groups is 1. The molecule has 6 nitrogen and oxygen atoms in total. The van der Waals surface area contributed by atoms with Gasteiger partial charge in [-0.25, -0.2) is 9.78 Å². The highest BCUT2D eigenvalue weighted by Gasteiger charge is 2.18. The molecular formula is C18H19N3O3S2. The third-order valence-electron chi connectivity index (χ3n) is 3.55. The van der Waals surface area contributed by atoms with Crippen LogP contribution in [0.5, 0.6) is 0 Å². The van der Waals surface area contributed by atoms with Crippen LogP contribution < -0.4 is 0 Å². The number of aromatic nitrogens is 1. The number of nitriles is 1. The van der Waals surface area contributed by atoms with E-state index in [1.165, 1.54) is 17.8 Å². The van der Waals surface area contributed by atoms with Crippen LogP contribution in [0.25, 0.3) is 0 Å². The fourth-order valence-corrected chi connectivity index (χ4v) is 3.78. The van der Waals surface area contributed by atoms with Gasteiger partial charge in [0, 0.05) is 13.6 Å². The van der Waals surface area contributed by atoms with Crippen molar-refractivity contribution in [3.63, 3.8) is 0 Å². The number of pyridine rings is 1. The second-order valence-electron chi connectivity index (χ2n) is 5.48. The van der Waals surface area contributed by atoms with Crippen molar-refractivity contribution in [1.82, 2.24) is 9.88 Å². The predicted octanol–water partition coefficient (Wildman–Crippen LogP) is 3.25. The molecule has 0 atom stereocenters. The molecule has 0 aliphatic carbocycles. The quantitative estimate of drug-likeness (QED) is 0.534. The summed E-state index contributed by atoms with van der Waals surface area (Å²) in [5.74, 6) is -0.392. The Balaban J connectivity index is 2.06. The zero-order valence-corrected chi connectivity index (χ0v) is 16.4. The number of carbonyl (C=O) groups is 2. The van der Waals surface area contributed by atoms with Gasteiger partial charge in [-0.2, -0.15) is 16.6 Å². The third-order valence-corrected chi connectivity index (χ3v) is 5.26. The van der Waals surface area contributed by atoms with Crippen LogP contribution in [-0.2, 0) is 16.1 Å². The first kappa shape index (κ1) is 19.9. The Morgan fingerprint density at radius 2 is 2.23 bits per heavy atom. The second-order valence-corrected chi connectivity index (χ2v) is 7.22. The van der Waals surface area contributed by atoms with Crippen molar-refractivity contribution in [2.24, 2.45) is 0 Å². The van der Waals surface area contributed by atoms with Gasteiger partial charge in [0.05, 0.1) is 29.2 Å². The molecule has 0 aromatic carbocycles. The van der Waals surface area contributed by atoms with Gasteiger partial charge in [0.25, 0.3) is 0 Å². The lowest BCUT2D eigenvalue weighted by Crippen LogP contribution is -2.27. The number of hydrogen-bond acceptors (Lipinski definition) is 7. The summed E-state index contributed by atoms with van der Waals surface area (Å²) < 4.78 is 4.97. The van der Waals surface area contributed by atoms with Crippen LogP contribution in [0.1, 0.15) is 34.1 Å². The summed E-state index contributed by atoms with van der Waals surface area (Å²) in [5.41, 5.74) is 2.09. The minimum absolute atomic E-state index is 0.0565. The maximum Gasteiger partial charge on any atom is 0.340 e. The molecule has 0 radical (unpaired) electrons. The largest absolute Gasteiger partial charge is 0.462 e. The number of rotatable bonds is 7. The summed E-state index contributed by atoms with van der Waals surface area (Å²) in [4.78, 5) is 30.2. The van der Waals surface area contributed by atoms with Crippen LogP contribution in [0.3, 0.4) is 0 Å². The highest BCUT2D eigenvalue weighted by Crippen LogP contribution is 2.24. The van der Waals surface area contributed by atoms with Crippen LogP contribution >= 0.6 is 23.1 Å². The lowest BCUT2D eigenvalue weighted by atomic mass is 10.1. The van der Waals surface area contributed by atoms with Crippen molar-refractivity contribution in [3.05, 3.63) is 45.3 Å². The van der Waals surface area contributed by atoms with Gasteiger partial charge in [0.15, 0.2) is 0 Å². The number of esters is 1. The topological polar surface area (TPSA) is 83.3 Å². The van der Waals surface area contributed by atoms with Gasteiger partial charge in [-0.15, -0.1) is 0 Å². The van der Waals surface area contributed by atoms with Crippen molar-refractivity contribution in [2.45, 2.75) is 25.4 Å². The van der Waals surface area contributed by atoms with Crippen molar-refractivity contribution in [2.75, 3.05) is 19.4 Å². The number of aryl methyl sites for hydroxylation is 1. The van der Waals surface area contributed by atoms with E-state index < -0.39 is 5.97 Å². The third kappa shape index (κ3) is 5.07. The molecule has 26 heavy (non-hydrogen) atoms. The van der Waals surface area contributed by atoms with E-state index in [-0.39, 0.29) is 29.4 Å². The summed E-state index contributed by atoms with van der Waals surface area (Å²) >= 11 is 2.78. The lowest BCUT2D eigenvalue weighted by Gasteiger charge is -2.16. The molecule has 0 spiro atoms. The molecule has 2 rings (SSSR count). The van der Waals surface area contributed by atoms with E-state index in [1.807, 2.05) is 22.9 Å². The van der Waals surface area contributed by atoms with Crippen molar-refractivity contribution < 1.29 is 14.3 Å². The summed E-state index contributed by atoms with van der Waals surface area (Å²) in [5, 5.41) is 13.8. The van der Waals surface area contributed by atoms with E-state index in [0.29, 0.717) is 17.3 Å². The fourth-order valence-electron chi connectivity index (χ4n) is 2.17. The fraction of sp³-hybridized carbons (Fsp3) is 0.333. The molecule has 136 valence electrons. The zero-order valence-electron chi connectivity index (χ0n) is 14.8. The Morgan fingerprint density at radius 1 is 1.46 bits per heavy atom. The Labute approximate surface area is 160 Å². The normalized spacial score (nSPS) is 10.2. The van der Waals surface area contributed by atoms with E-state index >= 15 is 0 Å². The highest BCUT2D eigenvalue weighted by molar-refractivity contribution is 8.00. The molecule has 2 aromatic heterocycles. The maximum atomic E-state index is 12.3. The van der Waals surface area contributed by atoms with E-state index in [1.54, 1.807) is 37.1 Å². The van der Waals surface area contributed by atoms with Crippen molar-refractivity contribution >= 4 is 35.0 Å². The number of nitrogens with zero attached hydrogens (tertiary/aromatic N) is 3. The summed E-state index contributed by atoms with van der Waals surface area (Å²) in [6, 6.07) is 5.49. The number of thiophene rings is 1. The Kier molecular flexibility index (Phi) is 7.18. The average molecular weight is 390 g/mol. The molecule has 0 fully saturated rings. The minimum Gasteiger partial charge on any atom is -0.462 e. The summed E-state index contributed by atoms with van der Waals surface area (Å²) in [6.07, 6.45) is 0. The molecule has 0 saturated carbocycles. The Bertz CT molecular complexity index is 829. The number of carbonyl (C=O) groups excluding carboxylic acids is 2. The van der Waals surface area contributed by atoms with E-state index in [0.717, 1.165) is 5.56 Å². The first-order valence-electron chi connectivity index (χ1n) is 7.93. The van der Waals surface area contributed by atoms with Gasteiger partial charge in [-0.3, -0.25) is 4.79 Å². The van der Waals surface area contributed by atoms with E-state index in [2.05, 4.69) is 4.98 Å². The number of ether oxygens (including phenoxy) is 1.